The fourth-order valence-corrected chi connectivity index (χ4v) is 0. The molecular weight excluding hydrogens is 147 g/mol. The van der Waals surface area contributed by atoms with Crippen LogP contribution < -0.4 is 0 Å². The molecule has 0 saturated carbocycles. The van der Waals surface area contributed by atoms with E-state index in [0.29, 0.717) is 0 Å². The molecule has 0 aliphatic carbocycles. The molecule has 0 aromatic rings. The zero-order valence-corrected chi connectivity index (χ0v) is 4.77. The second kappa shape index (κ2) is 2.76. The van der Waals surface area contributed by atoms with Crippen molar-refractivity contribution in [2.24, 2.45) is 0 Å². The Morgan fingerprint density at radius 1 is 1.33 bits per heavy atom. The molecule has 0 saturated heterocycles. The van der Waals surface area contributed by atoms with Crippen LogP contribution in [0.2, 0.25) is 0 Å². The van der Waals surface area contributed by atoms with E-state index in [9.17, 15) is 0 Å². The van der Waals surface area contributed by atoms with Gasteiger partial charge < -0.3 is 14.7 Å². The van der Waals surface area contributed by atoms with Crippen LogP contribution in [0.3, 0.4) is 0 Å². The molecule has 0 aliphatic rings. The predicted octanol–water partition coefficient (Wildman–Crippen LogP) is -0.706. The summed E-state index contributed by atoms with van der Waals surface area (Å²) in [5.41, 5.74) is 0. The van der Waals surface area contributed by atoms with Gasteiger partial charge in [0.2, 0.25) is 0 Å². The van der Waals surface area contributed by atoms with Crippen LogP contribution in [0, 0.1) is 0 Å². The van der Waals surface area contributed by atoms with Crippen molar-refractivity contribution in [2.75, 3.05) is 0 Å². The maximum Gasteiger partial charge on any atom is 1.00 e. The molecule has 0 amide bonds. The Morgan fingerprint density at radius 2 is 1.33 bits per heavy atom. The van der Waals surface area contributed by atoms with Crippen LogP contribution >= 0.6 is 7.82 Å². The van der Waals surface area contributed by atoms with Crippen LogP contribution in [0.25, 0.3) is 0 Å². The molecule has 0 aliphatic heterocycles. The van der Waals surface area contributed by atoms with E-state index in [1.54, 1.807) is 0 Å². The Labute approximate surface area is 48.1 Å². The first-order chi connectivity index (χ1) is 2.00. The standard InChI is InChI=1S/Cr.H3O4P/c;1-5(2,3)4/h;(H3,1,2,3,4)/p+2. The first-order valence-electron chi connectivity index (χ1n) is 0.783. The van der Waals surface area contributed by atoms with Crippen molar-refractivity contribution in [3.63, 3.8) is 0 Å². The van der Waals surface area contributed by atoms with Crippen molar-refractivity contribution in [2.45, 2.75) is 0 Å². The number of hydrogen-bond donors (Lipinski definition) is 3. The Balaban J connectivity index is -0.0000000267. The molecular formula is H5CrO4P+2. The van der Waals surface area contributed by atoms with Crippen molar-refractivity contribution < 1.29 is 39.5 Å². The van der Waals surface area contributed by atoms with Gasteiger partial charge in [-0.1, -0.05) is 0 Å². The summed E-state index contributed by atoms with van der Waals surface area (Å²) in [5.74, 6) is 0. The van der Waals surface area contributed by atoms with Crippen molar-refractivity contribution in [1.82, 2.24) is 0 Å². The summed E-state index contributed by atoms with van der Waals surface area (Å²) in [7, 11) is -4.64. The quantitative estimate of drug-likeness (QED) is 0.401. The first kappa shape index (κ1) is 9.81. The van der Waals surface area contributed by atoms with E-state index in [4.69, 9.17) is 19.2 Å². The Bertz CT molecular complexity index is 60.2. The fourth-order valence-electron chi connectivity index (χ4n) is 0. The molecule has 6 heavy (non-hydrogen) atoms. The van der Waals surface area contributed by atoms with Crippen LogP contribution in [0.5, 0.6) is 0 Å². The van der Waals surface area contributed by atoms with Gasteiger partial charge in [-0.15, -0.1) is 0 Å². The van der Waals surface area contributed by atoms with E-state index in [0.717, 1.165) is 0 Å². The van der Waals surface area contributed by atoms with Crippen LogP contribution in [-0.4, -0.2) is 14.7 Å². The first-order valence-corrected chi connectivity index (χ1v) is 2.35. The average Bonchev–Trinajstić information content (AvgIpc) is 0.722. The molecule has 0 aromatic heterocycles. The van der Waals surface area contributed by atoms with E-state index in [2.05, 4.69) is 0 Å². The van der Waals surface area contributed by atoms with Crippen molar-refractivity contribution in [1.29, 1.82) is 0 Å². The number of hydrogen-bond acceptors (Lipinski definition) is 1. The van der Waals surface area contributed by atoms with Crippen molar-refractivity contribution >= 4 is 7.82 Å². The summed E-state index contributed by atoms with van der Waals surface area (Å²) in [4.78, 5) is 21.6. The molecule has 3 N–H and O–H groups in total. The van der Waals surface area contributed by atoms with E-state index in [1.807, 2.05) is 0 Å². The molecule has 0 aromatic carbocycles. The van der Waals surface area contributed by atoms with Gasteiger partial charge in [0, 0.05) is 17.4 Å². The third kappa shape index (κ3) is 149. The average molecular weight is 152 g/mol. The van der Waals surface area contributed by atoms with Gasteiger partial charge in [-0.25, -0.2) is 4.57 Å². The summed E-state index contributed by atoms with van der Waals surface area (Å²) in [5, 5.41) is 0. The van der Waals surface area contributed by atoms with Gasteiger partial charge in [0.1, 0.15) is 0 Å². The number of phosphoric acid groups is 1. The van der Waals surface area contributed by atoms with E-state index >= 15 is 0 Å². The van der Waals surface area contributed by atoms with Gasteiger partial charge in [-0.2, -0.15) is 0 Å². The molecule has 0 heterocycles. The van der Waals surface area contributed by atoms with Gasteiger partial charge >= 0.3 is 10.7 Å². The summed E-state index contributed by atoms with van der Waals surface area (Å²) >= 11 is 0. The maximum absolute atomic E-state index is 8.88. The summed E-state index contributed by atoms with van der Waals surface area (Å²) < 4.78 is 8.88. The molecule has 4 nitrogen and oxygen atoms in total. The summed E-state index contributed by atoms with van der Waals surface area (Å²) in [6.07, 6.45) is 0. The molecule has 0 rings (SSSR count). The Kier molecular flexibility index (Phi) is 4.51. The van der Waals surface area contributed by atoms with Gasteiger partial charge in [-0.3, -0.25) is 0 Å². The molecule has 0 radical (unpaired) electrons. The normalized spacial score (nSPS) is 9.83. The van der Waals surface area contributed by atoms with E-state index in [-0.39, 0.29) is 20.2 Å². The van der Waals surface area contributed by atoms with Gasteiger partial charge in [0.25, 0.3) is 0 Å². The molecule has 6 heteroatoms. The van der Waals surface area contributed by atoms with Gasteiger partial charge in [-0.05, 0) is 0 Å². The van der Waals surface area contributed by atoms with Crippen LogP contribution in [0.15, 0.2) is 0 Å². The molecule has 0 bridgehead atoms. The smallest absolute Gasteiger partial charge is 0.303 e. The summed E-state index contributed by atoms with van der Waals surface area (Å²) in [6, 6.07) is 0. The second-order valence-electron chi connectivity index (χ2n) is 0.513. The number of rotatable bonds is 0. The minimum Gasteiger partial charge on any atom is -0.303 e. The van der Waals surface area contributed by atoms with Crippen LogP contribution in [0.4, 0.5) is 0 Å². The predicted molar refractivity (Wildman–Crippen MR) is 16.5 cm³/mol. The minimum atomic E-state index is -4.64. The largest absolute Gasteiger partial charge is 1.00 e. The molecule has 0 atom stereocenters. The Hall–Kier alpha value is 0.642. The Morgan fingerprint density at radius 3 is 1.33 bits per heavy atom. The SMILES string of the molecule is O=P(O)(O)O.[Cr].[H+].[H+]. The third-order valence-electron chi connectivity index (χ3n) is 0. The van der Waals surface area contributed by atoms with Gasteiger partial charge in [0.05, 0.1) is 0 Å². The minimum absolute atomic E-state index is 0. The van der Waals surface area contributed by atoms with E-state index in [1.165, 1.54) is 0 Å². The molecule has 0 spiro atoms. The maximum atomic E-state index is 8.88. The zero-order chi connectivity index (χ0) is 4.50. The van der Waals surface area contributed by atoms with E-state index < -0.39 is 7.82 Å². The monoisotopic (exact) mass is 152 g/mol. The van der Waals surface area contributed by atoms with Crippen LogP contribution in [0.1, 0.15) is 2.85 Å². The second-order valence-corrected chi connectivity index (χ2v) is 1.54. The third-order valence-corrected chi connectivity index (χ3v) is 0. The molecule has 0 fully saturated rings. The molecule has 38 valence electrons. The topological polar surface area (TPSA) is 77.8 Å². The molecule has 0 unspecified atom stereocenters. The van der Waals surface area contributed by atoms with Crippen molar-refractivity contribution in [3.05, 3.63) is 0 Å². The zero-order valence-electron chi connectivity index (χ0n) is 4.61. The summed E-state index contributed by atoms with van der Waals surface area (Å²) in [6.45, 7) is 0. The van der Waals surface area contributed by atoms with Crippen LogP contribution in [-0.2, 0) is 21.9 Å². The van der Waals surface area contributed by atoms with Gasteiger partial charge in [0.15, 0.2) is 0 Å². The fraction of sp³-hybridized carbons (Fsp3) is 0. The van der Waals surface area contributed by atoms with Crippen molar-refractivity contribution in [3.8, 4) is 0 Å².